The highest BCUT2D eigenvalue weighted by molar-refractivity contribution is 6.88. The Balaban J connectivity index is 1.28. The van der Waals surface area contributed by atoms with Crippen molar-refractivity contribution in [1.29, 1.82) is 0 Å². The van der Waals surface area contributed by atoms with Crippen molar-refractivity contribution in [3.8, 4) is 0 Å². The van der Waals surface area contributed by atoms with Crippen LogP contribution >= 0.6 is 0 Å². The van der Waals surface area contributed by atoms with Gasteiger partial charge in [0.2, 0.25) is 0 Å². The van der Waals surface area contributed by atoms with Crippen molar-refractivity contribution in [3.05, 3.63) is 99.3 Å². The maximum absolute atomic E-state index is 6.10. The molecule has 0 bridgehead atoms. The maximum Gasteiger partial charge on any atom is 0.0888 e. The van der Waals surface area contributed by atoms with E-state index >= 15 is 0 Å². The minimum absolute atomic E-state index is 0.0393. The van der Waals surface area contributed by atoms with Gasteiger partial charge in [-0.3, -0.25) is 0 Å². The summed E-state index contributed by atoms with van der Waals surface area (Å²) in [4.78, 5) is 2.76. The number of unbranched alkanes of at least 4 members (excludes halogenated alkanes) is 3. The van der Waals surface area contributed by atoms with Gasteiger partial charge in [0, 0.05) is 45.3 Å². The summed E-state index contributed by atoms with van der Waals surface area (Å²) < 4.78 is 6.10. The second-order valence-corrected chi connectivity index (χ2v) is 28.5. The Morgan fingerprint density at radius 3 is 2.33 bits per heavy atom. The van der Waals surface area contributed by atoms with Crippen molar-refractivity contribution in [2.75, 3.05) is 18.6 Å². The number of anilines is 1. The van der Waals surface area contributed by atoms with Gasteiger partial charge in [-0.25, -0.2) is 0 Å². The zero-order valence-electron chi connectivity index (χ0n) is 31.5. The second kappa shape index (κ2) is 13.2. The Bertz CT molecular complexity index is 1590. The van der Waals surface area contributed by atoms with Crippen molar-refractivity contribution < 1.29 is 4.74 Å². The van der Waals surface area contributed by atoms with Gasteiger partial charge in [0.1, 0.15) is 0 Å². The van der Waals surface area contributed by atoms with E-state index in [1.54, 1.807) is 39.1 Å². The van der Waals surface area contributed by atoms with Gasteiger partial charge < -0.3 is 9.64 Å². The van der Waals surface area contributed by atoms with Crippen molar-refractivity contribution in [2.45, 2.75) is 140 Å². The largest absolute Gasteiger partial charge is 0.376 e. The molecule has 1 heterocycles. The summed E-state index contributed by atoms with van der Waals surface area (Å²) in [5, 5.41) is 1.81. The zero-order chi connectivity index (χ0) is 33.8. The quantitative estimate of drug-likeness (QED) is 0.171. The lowest BCUT2D eigenvalue weighted by atomic mass is 9.86. The number of allylic oxidation sites excluding steroid dienone is 11. The first kappa shape index (κ1) is 34.3. The van der Waals surface area contributed by atoms with Gasteiger partial charge in [-0.15, -0.1) is 0 Å². The monoisotopic (exact) mass is 677 g/mol. The van der Waals surface area contributed by atoms with Crippen LogP contribution in [-0.4, -0.2) is 41.4 Å². The molecule has 258 valence electrons. The number of benzene rings is 1. The van der Waals surface area contributed by atoms with Crippen LogP contribution in [0.5, 0.6) is 0 Å². The van der Waals surface area contributed by atoms with Crippen LogP contribution in [0.2, 0.25) is 43.8 Å². The molecule has 1 aromatic rings. The number of likely N-dealkylation sites (N-methyl/N-ethyl adjacent to an activating group) is 1. The molecule has 1 fully saturated rings. The van der Waals surface area contributed by atoms with E-state index in [9.17, 15) is 0 Å². The van der Waals surface area contributed by atoms with Crippen molar-refractivity contribution in [3.63, 3.8) is 0 Å². The van der Waals surface area contributed by atoms with E-state index in [-0.39, 0.29) is 5.60 Å². The maximum atomic E-state index is 6.10. The topological polar surface area (TPSA) is 12.5 Å². The molecule has 1 aliphatic heterocycles. The smallest absolute Gasteiger partial charge is 0.0888 e. The summed E-state index contributed by atoms with van der Waals surface area (Å²) in [6.07, 6.45) is 31.8. The first-order chi connectivity index (χ1) is 22.9. The number of nitrogens with zero attached hydrogens (tertiary/aromatic N) is 1. The second-order valence-electron chi connectivity index (χ2n) is 18.5. The molecule has 4 heteroatoms. The van der Waals surface area contributed by atoms with E-state index in [0.29, 0.717) is 29.3 Å². The molecule has 2 nitrogen and oxygen atoms in total. The standard InChI is InChI=1S/C44H63NOSi2/c1-44(2,3)46-25-17-9-10-18-26-48(8,40-29-33(30-47(5,6)7)34-21-13-14-22-35(34)40)43-37-24-16-15-23-36(37)42-41(43)38-27-31-19-11-12-20-32(31)28-39(38)45(42)4/h13,15-16,21-24,27-29,36-37,41-43H,9-12,14,17-20,25-26,30H2,1-8H3. The number of rotatable bonds is 11. The lowest BCUT2D eigenvalue weighted by molar-refractivity contribution is -0.00471. The SMILES string of the molecule is CN1c2cc3c(cc2C2C1C1C=CC=CC1C2[Si](C)(CCCCCCOC(C)(C)C)C1=CC(C[Si](C)(C)C)=C2C=CCC=C12)CCCC3. The van der Waals surface area contributed by atoms with Crippen LogP contribution < -0.4 is 4.90 Å². The number of fused-ring (bicyclic) bond motifs is 7. The van der Waals surface area contributed by atoms with Crippen molar-refractivity contribution >= 4 is 21.8 Å². The van der Waals surface area contributed by atoms with Gasteiger partial charge in [-0.05, 0) is 116 Å². The fourth-order valence-corrected chi connectivity index (χ4v) is 17.8. The van der Waals surface area contributed by atoms with Crippen LogP contribution in [-0.2, 0) is 17.6 Å². The lowest BCUT2D eigenvalue weighted by Crippen LogP contribution is -2.43. The molecule has 6 unspecified atom stereocenters. The number of ether oxygens (including phenoxy) is 1. The molecular formula is C44H63NOSi2. The molecule has 48 heavy (non-hydrogen) atoms. The Labute approximate surface area is 295 Å². The molecule has 1 aromatic carbocycles. The minimum Gasteiger partial charge on any atom is -0.376 e. The normalized spacial score (nSPS) is 28.5. The molecule has 0 spiro atoms. The van der Waals surface area contributed by atoms with Crippen LogP contribution in [0.25, 0.3) is 0 Å². The van der Waals surface area contributed by atoms with Gasteiger partial charge in [0.25, 0.3) is 0 Å². The highest BCUT2D eigenvalue weighted by Gasteiger charge is 2.62. The highest BCUT2D eigenvalue weighted by Crippen LogP contribution is 2.66. The molecule has 0 radical (unpaired) electrons. The number of aryl methyl sites for hydroxylation is 2. The van der Waals surface area contributed by atoms with Crippen LogP contribution in [0.3, 0.4) is 0 Å². The summed E-state index contributed by atoms with van der Waals surface area (Å²) in [7, 11) is -0.886. The molecule has 0 N–H and O–H groups in total. The molecule has 6 aliphatic rings. The minimum atomic E-state index is -2.05. The Morgan fingerprint density at radius 2 is 1.60 bits per heavy atom. The third-order valence-corrected chi connectivity index (χ3v) is 19.3. The summed E-state index contributed by atoms with van der Waals surface area (Å²) in [5.74, 6) is 1.83. The first-order valence-corrected chi connectivity index (χ1v) is 26.1. The summed E-state index contributed by atoms with van der Waals surface area (Å²) in [6, 6.07) is 8.63. The Kier molecular flexibility index (Phi) is 9.43. The predicted molar refractivity (Wildman–Crippen MR) is 213 cm³/mol. The van der Waals surface area contributed by atoms with E-state index in [1.165, 1.54) is 63.5 Å². The molecule has 1 saturated carbocycles. The first-order valence-electron chi connectivity index (χ1n) is 19.6. The Morgan fingerprint density at radius 1 is 0.896 bits per heavy atom. The van der Waals surface area contributed by atoms with Gasteiger partial charge in [-0.2, -0.15) is 0 Å². The highest BCUT2D eigenvalue weighted by atomic mass is 28.3. The van der Waals surface area contributed by atoms with Gasteiger partial charge in [0.15, 0.2) is 0 Å². The molecular weight excluding hydrogens is 615 g/mol. The third-order valence-electron chi connectivity index (χ3n) is 12.6. The zero-order valence-corrected chi connectivity index (χ0v) is 33.5. The summed E-state index contributed by atoms with van der Waals surface area (Å²) >= 11 is 0. The number of hydrogen-bond acceptors (Lipinski definition) is 2. The number of hydrogen-bond donors (Lipinski definition) is 0. The van der Waals surface area contributed by atoms with Gasteiger partial charge in [-0.1, -0.05) is 111 Å². The molecule has 5 aliphatic carbocycles. The van der Waals surface area contributed by atoms with E-state index in [2.05, 4.69) is 120 Å². The molecule has 6 atom stereocenters. The molecule has 0 aromatic heterocycles. The average molecular weight is 678 g/mol. The summed E-state index contributed by atoms with van der Waals surface area (Å²) in [6.45, 7) is 18.0. The van der Waals surface area contributed by atoms with E-state index in [4.69, 9.17) is 4.74 Å². The lowest BCUT2D eigenvalue weighted by Gasteiger charge is -2.43. The predicted octanol–water partition coefficient (Wildman–Crippen LogP) is 11.7. The summed E-state index contributed by atoms with van der Waals surface area (Å²) in [5.41, 5.74) is 12.1. The fraction of sp³-hybridized carbons (Fsp3) is 0.591. The van der Waals surface area contributed by atoms with Crippen LogP contribution in [0.15, 0.2) is 82.7 Å². The van der Waals surface area contributed by atoms with E-state index < -0.39 is 16.1 Å². The van der Waals surface area contributed by atoms with E-state index in [1.807, 2.05) is 5.20 Å². The molecule has 7 rings (SSSR count). The average Bonchev–Trinajstić information content (AvgIpc) is 3.67. The van der Waals surface area contributed by atoms with Crippen molar-refractivity contribution in [1.82, 2.24) is 0 Å². The Hall–Kier alpha value is -2.15. The van der Waals surface area contributed by atoms with Crippen molar-refractivity contribution in [2.24, 2.45) is 11.8 Å². The van der Waals surface area contributed by atoms with Crippen LogP contribution in [0.4, 0.5) is 5.69 Å². The van der Waals surface area contributed by atoms with Gasteiger partial charge in [0.05, 0.1) is 13.7 Å². The third kappa shape index (κ3) is 6.44. The van der Waals surface area contributed by atoms with Gasteiger partial charge >= 0.3 is 0 Å². The molecule has 0 saturated heterocycles. The van der Waals surface area contributed by atoms with E-state index in [0.717, 1.165) is 13.0 Å². The van der Waals surface area contributed by atoms with Crippen LogP contribution in [0.1, 0.15) is 88.3 Å². The molecule has 0 amide bonds. The fourth-order valence-electron chi connectivity index (χ4n) is 10.7. The van der Waals surface area contributed by atoms with Crippen LogP contribution in [0, 0.1) is 11.8 Å².